The second-order valence-corrected chi connectivity index (χ2v) is 8.82. The van der Waals surface area contributed by atoms with Crippen LogP contribution in [0.15, 0.2) is 54.4 Å². The average Bonchev–Trinajstić information content (AvgIpc) is 3.15. The molecule has 2 fully saturated rings. The lowest BCUT2D eigenvalue weighted by Crippen LogP contribution is -2.39. The standard InChI is InChI=1S/C27H33N3O5/c1-2-3-15-35-22-9-4-7-20(18-22)25(31)23-24(21-8-5-10-28-19-21)30(27(33)26(23)32)12-6-11-29-13-16-34-17-14-29/h4-5,7-10,18-19,24,31H,2-3,6,11-17H2,1H3/b25-23+. The van der Waals surface area contributed by atoms with Crippen LogP contribution in [0.25, 0.3) is 5.76 Å². The lowest BCUT2D eigenvalue weighted by molar-refractivity contribution is -0.140. The number of aliphatic hydroxyl groups is 1. The van der Waals surface area contributed by atoms with Crippen molar-refractivity contribution in [2.75, 3.05) is 46.0 Å². The smallest absolute Gasteiger partial charge is 0.295 e. The van der Waals surface area contributed by atoms with Crippen LogP contribution in [0, 0.1) is 0 Å². The summed E-state index contributed by atoms with van der Waals surface area (Å²) in [5, 5.41) is 11.3. The van der Waals surface area contributed by atoms with Crippen LogP contribution in [0.4, 0.5) is 0 Å². The molecule has 8 heteroatoms. The van der Waals surface area contributed by atoms with Gasteiger partial charge in [0.1, 0.15) is 11.5 Å². The van der Waals surface area contributed by atoms with Crippen LogP contribution in [0.1, 0.15) is 43.4 Å². The number of nitrogens with zero attached hydrogens (tertiary/aromatic N) is 3. The molecule has 1 N–H and O–H groups in total. The highest BCUT2D eigenvalue weighted by Crippen LogP contribution is 2.39. The van der Waals surface area contributed by atoms with E-state index in [9.17, 15) is 14.7 Å². The highest BCUT2D eigenvalue weighted by Gasteiger charge is 2.46. The summed E-state index contributed by atoms with van der Waals surface area (Å²) in [6, 6.07) is 9.91. The molecule has 1 aromatic carbocycles. The van der Waals surface area contributed by atoms with Crippen LogP contribution in [-0.4, -0.2) is 77.6 Å². The Bertz CT molecular complexity index is 1050. The first-order valence-corrected chi connectivity index (χ1v) is 12.3. The van der Waals surface area contributed by atoms with Gasteiger partial charge in [-0.05, 0) is 36.6 Å². The third kappa shape index (κ3) is 5.89. The van der Waals surface area contributed by atoms with Crippen molar-refractivity contribution in [2.45, 2.75) is 32.2 Å². The fraction of sp³-hybridized carbons (Fsp3) is 0.444. The van der Waals surface area contributed by atoms with Gasteiger partial charge in [-0.2, -0.15) is 0 Å². The minimum atomic E-state index is -0.696. The van der Waals surface area contributed by atoms with E-state index in [0.717, 1.165) is 32.5 Å². The van der Waals surface area contributed by atoms with Crippen molar-refractivity contribution in [1.29, 1.82) is 0 Å². The molecule has 2 aliphatic rings. The van der Waals surface area contributed by atoms with Crippen molar-refractivity contribution >= 4 is 17.4 Å². The van der Waals surface area contributed by atoms with Gasteiger partial charge in [0, 0.05) is 44.1 Å². The normalized spacial score (nSPS) is 20.4. The van der Waals surface area contributed by atoms with E-state index in [1.807, 2.05) is 12.1 Å². The zero-order valence-electron chi connectivity index (χ0n) is 20.2. The molecule has 35 heavy (non-hydrogen) atoms. The van der Waals surface area contributed by atoms with E-state index in [4.69, 9.17) is 9.47 Å². The van der Waals surface area contributed by atoms with Gasteiger partial charge in [0.2, 0.25) is 0 Å². The number of likely N-dealkylation sites (tertiary alicyclic amines) is 1. The van der Waals surface area contributed by atoms with E-state index in [-0.39, 0.29) is 11.3 Å². The number of morpholine rings is 1. The van der Waals surface area contributed by atoms with Gasteiger partial charge in [0.25, 0.3) is 11.7 Å². The molecule has 8 nitrogen and oxygen atoms in total. The monoisotopic (exact) mass is 479 g/mol. The summed E-state index contributed by atoms with van der Waals surface area (Å²) in [6.07, 6.45) is 5.94. The SMILES string of the molecule is CCCCOc1cccc(/C(O)=C2\C(=O)C(=O)N(CCCN3CCOCC3)C2c2cccnc2)c1. The van der Waals surface area contributed by atoms with Crippen molar-refractivity contribution in [3.8, 4) is 5.75 Å². The Kier molecular flexibility index (Phi) is 8.50. The predicted octanol–water partition coefficient (Wildman–Crippen LogP) is 3.40. The number of carbonyl (C=O) groups excluding carboxylic acids is 2. The minimum absolute atomic E-state index is 0.0834. The first-order chi connectivity index (χ1) is 17.1. The molecule has 1 aromatic heterocycles. The number of ketones is 1. The summed E-state index contributed by atoms with van der Waals surface area (Å²) in [4.78, 5) is 34.3. The van der Waals surface area contributed by atoms with Gasteiger partial charge in [-0.15, -0.1) is 0 Å². The summed E-state index contributed by atoms with van der Waals surface area (Å²) in [6.45, 7) is 7.02. The molecular formula is C27H33N3O5. The summed E-state index contributed by atoms with van der Waals surface area (Å²) in [5.74, 6) is -0.869. The number of hydrogen-bond acceptors (Lipinski definition) is 7. The zero-order chi connectivity index (χ0) is 24.6. The first kappa shape index (κ1) is 24.9. The molecule has 2 saturated heterocycles. The molecule has 0 aliphatic carbocycles. The number of hydrogen-bond donors (Lipinski definition) is 1. The van der Waals surface area contributed by atoms with Gasteiger partial charge in [-0.1, -0.05) is 31.5 Å². The largest absolute Gasteiger partial charge is 0.507 e. The third-order valence-electron chi connectivity index (χ3n) is 6.39. The maximum absolute atomic E-state index is 13.2. The van der Waals surface area contributed by atoms with Gasteiger partial charge in [0.15, 0.2) is 0 Å². The number of Topliss-reactive ketones (excluding diaryl/α,β-unsaturated/α-hetero) is 1. The topological polar surface area (TPSA) is 92.2 Å². The van der Waals surface area contributed by atoms with Gasteiger partial charge >= 0.3 is 0 Å². The van der Waals surface area contributed by atoms with Crippen LogP contribution < -0.4 is 4.74 Å². The lowest BCUT2D eigenvalue weighted by Gasteiger charge is -2.29. The van der Waals surface area contributed by atoms with Crippen molar-refractivity contribution in [1.82, 2.24) is 14.8 Å². The second-order valence-electron chi connectivity index (χ2n) is 8.82. The Balaban J connectivity index is 1.62. The molecule has 3 heterocycles. The molecule has 0 spiro atoms. The summed E-state index contributed by atoms with van der Waals surface area (Å²) in [5.41, 5.74) is 1.22. The number of ether oxygens (including phenoxy) is 2. The van der Waals surface area contributed by atoms with E-state index in [1.54, 1.807) is 41.6 Å². The Hall–Kier alpha value is -3.23. The quantitative estimate of drug-likeness (QED) is 0.242. The van der Waals surface area contributed by atoms with Gasteiger partial charge < -0.3 is 19.5 Å². The first-order valence-electron chi connectivity index (χ1n) is 12.3. The van der Waals surface area contributed by atoms with Crippen molar-refractivity contribution < 1.29 is 24.2 Å². The maximum atomic E-state index is 13.2. The number of rotatable bonds is 10. The predicted molar refractivity (Wildman–Crippen MR) is 132 cm³/mol. The van der Waals surface area contributed by atoms with Crippen LogP contribution in [0.3, 0.4) is 0 Å². The van der Waals surface area contributed by atoms with Gasteiger partial charge in [0.05, 0.1) is 31.4 Å². The van der Waals surface area contributed by atoms with E-state index < -0.39 is 17.7 Å². The number of aromatic nitrogens is 1. The number of benzene rings is 1. The van der Waals surface area contributed by atoms with Crippen LogP contribution in [-0.2, 0) is 14.3 Å². The Morgan fingerprint density at radius 1 is 1.14 bits per heavy atom. The fourth-order valence-electron chi connectivity index (χ4n) is 4.51. The summed E-state index contributed by atoms with van der Waals surface area (Å²) < 4.78 is 11.2. The Morgan fingerprint density at radius 2 is 1.97 bits per heavy atom. The molecule has 2 aliphatic heterocycles. The second kappa shape index (κ2) is 12.0. The van der Waals surface area contributed by atoms with E-state index >= 15 is 0 Å². The summed E-state index contributed by atoms with van der Waals surface area (Å²) >= 11 is 0. The number of aliphatic hydroxyl groups excluding tert-OH is 1. The molecule has 0 radical (unpaired) electrons. The highest BCUT2D eigenvalue weighted by atomic mass is 16.5. The van der Waals surface area contributed by atoms with E-state index in [0.29, 0.717) is 49.7 Å². The minimum Gasteiger partial charge on any atom is -0.507 e. The molecule has 1 atom stereocenters. The van der Waals surface area contributed by atoms with Crippen molar-refractivity contribution in [2.24, 2.45) is 0 Å². The fourth-order valence-corrected chi connectivity index (χ4v) is 4.51. The number of amides is 1. The van der Waals surface area contributed by atoms with E-state index in [1.165, 1.54) is 0 Å². The molecule has 1 unspecified atom stereocenters. The Morgan fingerprint density at radius 3 is 2.71 bits per heavy atom. The third-order valence-corrected chi connectivity index (χ3v) is 6.39. The number of unbranched alkanes of at least 4 members (excludes halogenated alkanes) is 1. The van der Waals surface area contributed by atoms with Crippen LogP contribution in [0.5, 0.6) is 5.75 Å². The zero-order valence-corrected chi connectivity index (χ0v) is 20.2. The molecule has 0 saturated carbocycles. The average molecular weight is 480 g/mol. The molecule has 4 rings (SSSR count). The molecule has 186 valence electrons. The van der Waals surface area contributed by atoms with E-state index in [2.05, 4.69) is 16.8 Å². The molecular weight excluding hydrogens is 446 g/mol. The van der Waals surface area contributed by atoms with Crippen molar-refractivity contribution in [3.63, 3.8) is 0 Å². The molecule has 0 bridgehead atoms. The van der Waals surface area contributed by atoms with Gasteiger partial charge in [-0.25, -0.2) is 0 Å². The summed E-state index contributed by atoms with van der Waals surface area (Å²) in [7, 11) is 0. The van der Waals surface area contributed by atoms with Crippen LogP contribution in [0.2, 0.25) is 0 Å². The van der Waals surface area contributed by atoms with Crippen LogP contribution >= 0.6 is 0 Å². The molecule has 1 amide bonds. The maximum Gasteiger partial charge on any atom is 0.295 e. The Labute approximate surface area is 206 Å². The van der Waals surface area contributed by atoms with Gasteiger partial charge in [-0.3, -0.25) is 19.5 Å². The lowest BCUT2D eigenvalue weighted by atomic mass is 9.96. The number of carbonyl (C=O) groups is 2. The number of pyridine rings is 1. The molecule has 2 aromatic rings. The van der Waals surface area contributed by atoms with Crippen molar-refractivity contribution in [3.05, 3.63) is 65.5 Å². The highest BCUT2D eigenvalue weighted by molar-refractivity contribution is 6.46.